The molecule has 4 nitrogen and oxygen atoms in total. The third kappa shape index (κ3) is 7.61. The number of hydrogen-bond donors (Lipinski definition) is 2. The lowest BCUT2D eigenvalue weighted by Crippen LogP contribution is -2.54. The van der Waals surface area contributed by atoms with Crippen molar-refractivity contribution in [1.82, 2.24) is 10.2 Å². The molecule has 34 heavy (non-hydrogen) atoms. The molecule has 0 aromatic heterocycles. The lowest BCUT2D eigenvalue weighted by molar-refractivity contribution is -0.143. The van der Waals surface area contributed by atoms with Crippen molar-refractivity contribution in [3.63, 3.8) is 0 Å². The molecule has 0 saturated carbocycles. The normalized spacial score (nSPS) is 13.2. The van der Waals surface area contributed by atoms with Crippen LogP contribution in [0.3, 0.4) is 0 Å². The molecular formula is C23H25F6N3OS. The molecule has 0 spiro atoms. The van der Waals surface area contributed by atoms with Crippen LogP contribution in [0.15, 0.2) is 48.5 Å². The summed E-state index contributed by atoms with van der Waals surface area (Å²) < 4.78 is 78.7. The lowest BCUT2D eigenvalue weighted by atomic mass is 9.86. The molecule has 0 aliphatic carbocycles. The van der Waals surface area contributed by atoms with E-state index >= 15 is 0 Å². The zero-order chi connectivity index (χ0) is 25.9. The molecule has 0 unspecified atom stereocenters. The average Bonchev–Trinajstić information content (AvgIpc) is 2.70. The van der Waals surface area contributed by atoms with E-state index in [0.717, 1.165) is 5.56 Å². The second-order valence-electron chi connectivity index (χ2n) is 8.87. The van der Waals surface area contributed by atoms with E-state index in [9.17, 15) is 31.1 Å². The molecule has 2 rings (SSSR count). The molecule has 0 bridgehead atoms. The number of carbonyl (C=O) groups is 1. The van der Waals surface area contributed by atoms with Crippen molar-refractivity contribution in [1.29, 1.82) is 0 Å². The summed E-state index contributed by atoms with van der Waals surface area (Å²) in [4.78, 5) is 14.6. The van der Waals surface area contributed by atoms with Crippen molar-refractivity contribution in [3.8, 4) is 0 Å². The Morgan fingerprint density at radius 2 is 1.44 bits per heavy atom. The highest BCUT2D eigenvalue weighted by Crippen LogP contribution is 2.37. The van der Waals surface area contributed by atoms with Gasteiger partial charge in [0.1, 0.15) is 6.04 Å². The predicted octanol–water partition coefficient (Wildman–Crippen LogP) is 6.08. The van der Waals surface area contributed by atoms with Crippen LogP contribution < -0.4 is 10.6 Å². The third-order valence-electron chi connectivity index (χ3n) is 4.87. The van der Waals surface area contributed by atoms with Gasteiger partial charge in [-0.2, -0.15) is 26.3 Å². The molecule has 0 aliphatic rings. The molecule has 0 radical (unpaired) electrons. The van der Waals surface area contributed by atoms with E-state index < -0.39 is 40.6 Å². The van der Waals surface area contributed by atoms with E-state index in [-0.39, 0.29) is 17.1 Å². The highest BCUT2D eigenvalue weighted by Gasteiger charge is 2.37. The molecule has 1 atom stereocenters. The molecule has 2 aromatic carbocycles. The first-order chi connectivity index (χ1) is 15.5. The number of benzene rings is 2. The van der Waals surface area contributed by atoms with E-state index in [0.29, 0.717) is 18.7 Å². The van der Waals surface area contributed by atoms with Gasteiger partial charge in [-0.3, -0.25) is 4.79 Å². The number of halogens is 6. The number of rotatable bonds is 5. The van der Waals surface area contributed by atoms with Gasteiger partial charge in [-0.05, 0) is 41.4 Å². The summed E-state index contributed by atoms with van der Waals surface area (Å²) in [7, 11) is 1.59. The number of anilines is 1. The Kier molecular flexibility index (Phi) is 8.23. The maximum atomic E-state index is 13.1. The fourth-order valence-electron chi connectivity index (χ4n) is 3.13. The summed E-state index contributed by atoms with van der Waals surface area (Å²) in [6, 6.07) is 9.37. The smallest absolute Gasteiger partial charge is 0.350 e. The Hall–Kier alpha value is -2.82. The summed E-state index contributed by atoms with van der Waals surface area (Å²) in [5.74, 6) is -0.347. The topological polar surface area (TPSA) is 44.4 Å². The van der Waals surface area contributed by atoms with E-state index in [4.69, 9.17) is 12.2 Å². The highest BCUT2D eigenvalue weighted by atomic mass is 32.1. The van der Waals surface area contributed by atoms with Gasteiger partial charge in [0.2, 0.25) is 5.91 Å². The Labute approximate surface area is 199 Å². The van der Waals surface area contributed by atoms with Crippen LogP contribution in [0.5, 0.6) is 0 Å². The number of thiocarbonyl (C=S) groups is 1. The monoisotopic (exact) mass is 505 g/mol. The summed E-state index contributed by atoms with van der Waals surface area (Å²) in [5, 5.41) is 4.83. The van der Waals surface area contributed by atoms with Crippen LogP contribution in [0.2, 0.25) is 0 Å². The van der Waals surface area contributed by atoms with Crippen LogP contribution in [0.1, 0.15) is 37.5 Å². The standard InChI is InChI=1S/C23H25F6N3OS/c1-21(2,3)18(19(33)32(4)13-14-8-6-5-7-9-14)31-20(34)30-17-11-15(22(24,25)26)10-16(12-17)23(27,28)29/h5-12,18H,13H2,1-4H3,(H2,30,31,34)/t18-/m0/s1. The van der Waals surface area contributed by atoms with Crippen molar-refractivity contribution in [2.45, 2.75) is 45.7 Å². The fourth-order valence-corrected chi connectivity index (χ4v) is 3.37. The molecule has 186 valence electrons. The van der Waals surface area contributed by atoms with Gasteiger partial charge in [0.15, 0.2) is 5.11 Å². The largest absolute Gasteiger partial charge is 0.416 e. The number of amides is 1. The van der Waals surface area contributed by atoms with Gasteiger partial charge >= 0.3 is 12.4 Å². The zero-order valence-corrected chi connectivity index (χ0v) is 19.8. The van der Waals surface area contributed by atoms with Crippen molar-refractivity contribution in [2.75, 3.05) is 12.4 Å². The zero-order valence-electron chi connectivity index (χ0n) is 18.9. The number of nitrogens with zero attached hydrogens (tertiary/aromatic N) is 1. The van der Waals surface area contributed by atoms with Crippen molar-refractivity contribution in [2.24, 2.45) is 5.41 Å². The van der Waals surface area contributed by atoms with E-state index in [1.807, 2.05) is 30.3 Å². The van der Waals surface area contributed by atoms with Gasteiger partial charge in [-0.1, -0.05) is 51.1 Å². The van der Waals surface area contributed by atoms with Crippen LogP contribution in [0.25, 0.3) is 0 Å². The number of hydrogen-bond acceptors (Lipinski definition) is 2. The minimum Gasteiger partial charge on any atom is -0.350 e. The van der Waals surface area contributed by atoms with Gasteiger partial charge in [0, 0.05) is 19.3 Å². The Morgan fingerprint density at radius 1 is 0.941 bits per heavy atom. The Balaban J connectivity index is 2.24. The molecule has 2 aromatic rings. The van der Waals surface area contributed by atoms with Crippen molar-refractivity contribution >= 4 is 28.9 Å². The summed E-state index contributed by atoms with van der Waals surface area (Å²) >= 11 is 5.13. The maximum absolute atomic E-state index is 13.1. The van der Waals surface area contributed by atoms with Gasteiger partial charge in [0.05, 0.1) is 11.1 Å². The van der Waals surface area contributed by atoms with E-state index in [2.05, 4.69) is 10.6 Å². The van der Waals surface area contributed by atoms with E-state index in [1.54, 1.807) is 27.8 Å². The number of likely N-dealkylation sites (N-methyl/N-ethyl adjacent to an activating group) is 1. The summed E-state index contributed by atoms with van der Waals surface area (Å²) in [6.45, 7) is 5.57. The second kappa shape index (κ2) is 10.2. The molecule has 1 amide bonds. The molecule has 0 fully saturated rings. The second-order valence-corrected chi connectivity index (χ2v) is 9.28. The fraction of sp³-hybridized carbons (Fsp3) is 0.391. The van der Waals surface area contributed by atoms with Crippen LogP contribution in [0.4, 0.5) is 32.0 Å². The molecule has 0 aliphatic heterocycles. The molecule has 0 heterocycles. The molecule has 0 saturated heterocycles. The summed E-state index contributed by atoms with van der Waals surface area (Å²) in [5.41, 5.74) is -3.25. The van der Waals surface area contributed by atoms with Crippen molar-refractivity contribution < 1.29 is 31.1 Å². The minimum atomic E-state index is -4.99. The SMILES string of the molecule is CN(Cc1ccccc1)C(=O)[C@H](NC(=S)Nc1cc(C(F)(F)F)cc(C(F)(F)F)c1)C(C)(C)C. The molecule has 11 heteroatoms. The van der Waals surface area contributed by atoms with E-state index in [1.165, 1.54) is 4.90 Å². The van der Waals surface area contributed by atoms with Crippen molar-refractivity contribution in [3.05, 3.63) is 65.2 Å². The predicted molar refractivity (Wildman–Crippen MR) is 122 cm³/mol. The highest BCUT2D eigenvalue weighted by molar-refractivity contribution is 7.80. The third-order valence-corrected chi connectivity index (χ3v) is 5.09. The number of nitrogens with one attached hydrogen (secondary N) is 2. The lowest BCUT2D eigenvalue weighted by Gasteiger charge is -2.34. The van der Waals surface area contributed by atoms with Gasteiger partial charge in [-0.15, -0.1) is 0 Å². The number of alkyl halides is 6. The van der Waals surface area contributed by atoms with Gasteiger partial charge < -0.3 is 15.5 Å². The minimum absolute atomic E-state index is 0.0294. The molecular weight excluding hydrogens is 480 g/mol. The van der Waals surface area contributed by atoms with Crippen LogP contribution >= 0.6 is 12.2 Å². The average molecular weight is 506 g/mol. The Bertz CT molecular complexity index is 984. The first kappa shape index (κ1) is 27.4. The number of carbonyl (C=O) groups excluding carboxylic acids is 1. The van der Waals surface area contributed by atoms with Gasteiger partial charge in [0.25, 0.3) is 0 Å². The summed E-state index contributed by atoms with van der Waals surface area (Å²) in [6.07, 6.45) is -9.98. The van der Waals surface area contributed by atoms with Gasteiger partial charge in [-0.25, -0.2) is 0 Å². The first-order valence-corrected chi connectivity index (χ1v) is 10.5. The maximum Gasteiger partial charge on any atom is 0.416 e. The quantitative estimate of drug-likeness (QED) is 0.382. The Morgan fingerprint density at radius 3 is 1.88 bits per heavy atom. The van der Waals surface area contributed by atoms with Crippen LogP contribution in [0, 0.1) is 5.41 Å². The first-order valence-electron chi connectivity index (χ1n) is 10.1. The van der Waals surface area contributed by atoms with Crippen LogP contribution in [-0.4, -0.2) is 29.0 Å². The van der Waals surface area contributed by atoms with Crippen LogP contribution in [-0.2, 0) is 23.7 Å². The molecule has 2 N–H and O–H groups in total.